The van der Waals surface area contributed by atoms with E-state index in [9.17, 15) is 13.9 Å². The Morgan fingerprint density at radius 2 is 1.84 bits per heavy atom. The van der Waals surface area contributed by atoms with Crippen molar-refractivity contribution in [3.05, 3.63) is 35.9 Å². The minimum atomic E-state index is -2.67. The Morgan fingerprint density at radius 1 is 1.16 bits per heavy atom. The first kappa shape index (κ1) is 14.4. The van der Waals surface area contributed by atoms with Crippen LogP contribution in [0.5, 0.6) is 0 Å². The molecule has 0 heterocycles. The molecule has 1 aromatic carbocycles. The van der Waals surface area contributed by atoms with Gasteiger partial charge in [0.1, 0.15) is 6.10 Å². The van der Waals surface area contributed by atoms with Crippen molar-refractivity contribution in [2.45, 2.75) is 50.2 Å². The lowest BCUT2D eigenvalue weighted by Crippen LogP contribution is -2.42. The maximum atomic E-state index is 12.3. The molecule has 0 radical (unpaired) electrons. The molecule has 1 saturated carbocycles. The van der Waals surface area contributed by atoms with Crippen molar-refractivity contribution >= 4 is 0 Å². The molecule has 1 aliphatic rings. The number of nitrogens with one attached hydrogen (secondary N) is 1. The maximum absolute atomic E-state index is 12.3. The third-order valence-corrected chi connectivity index (χ3v) is 3.87. The molecule has 19 heavy (non-hydrogen) atoms. The molecule has 3 atom stereocenters. The Balaban J connectivity index is 1.97. The highest BCUT2D eigenvalue weighted by Gasteiger charge is 2.27. The monoisotopic (exact) mass is 269 g/mol. The standard InChI is InChI=1S/C15H21F2NO/c16-15(17)14(19)10-18-13-9-5-4-8-12(13)11-6-2-1-3-7-11/h1-3,6-7,12-15,18-19H,4-5,8-10H2. The first-order valence-corrected chi connectivity index (χ1v) is 6.93. The van der Waals surface area contributed by atoms with E-state index in [2.05, 4.69) is 17.4 Å². The number of hydrogen-bond acceptors (Lipinski definition) is 2. The zero-order valence-corrected chi connectivity index (χ0v) is 10.9. The van der Waals surface area contributed by atoms with Gasteiger partial charge >= 0.3 is 0 Å². The van der Waals surface area contributed by atoms with Crippen molar-refractivity contribution in [1.82, 2.24) is 5.32 Å². The van der Waals surface area contributed by atoms with Crippen LogP contribution in [0.2, 0.25) is 0 Å². The first-order valence-electron chi connectivity index (χ1n) is 6.93. The smallest absolute Gasteiger partial charge is 0.265 e. The van der Waals surface area contributed by atoms with Gasteiger partial charge in [-0.2, -0.15) is 0 Å². The highest BCUT2D eigenvalue weighted by molar-refractivity contribution is 5.22. The molecule has 0 aromatic heterocycles. The lowest BCUT2D eigenvalue weighted by atomic mass is 9.80. The van der Waals surface area contributed by atoms with Crippen LogP contribution in [0.25, 0.3) is 0 Å². The lowest BCUT2D eigenvalue weighted by molar-refractivity contribution is -0.00557. The van der Waals surface area contributed by atoms with Crippen LogP contribution >= 0.6 is 0 Å². The lowest BCUT2D eigenvalue weighted by Gasteiger charge is -2.33. The fourth-order valence-corrected chi connectivity index (χ4v) is 2.84. The van der Waals surface area contributed by atoms with Gasteiger partial charge in [-0.3, -0.25) is 0 Å². The van der Waals surface area contributed by atoms with E-state index in [1.165, 1.54) is 12.0 Å². The molecule has 2 N–H and O–H groups in total. The summed E-state index contributed by atoms with van der Waals surface area (Å²) in [4.78, 5) is 0. The number of benzene rings is 1. The molecule has 0 aliphatic heterocycles. The molecular weight excluding hydrogens is 248 g/mol. The predicted molar refractivity (Wildman–Crippen MR) is 71.5 cm³/mol. The fraction of sp³-hybridized carbons (Fsp3) is 0.600. The van der Waals surface area contributed by atoms with Gasteiger partial charge in [0.25, 0.3) is 6.43 Å². The van der Waals surface area contributed by atoms with E-state index in [1.54, 1.807) is 0 Å². The zero-order chi connectivity index (χ0) is 13.7. The summed E-state index contributed by atoms with van der Waals surface area (Å²) in [6.07, 6.45) is 0.104. The summed E-state index contributed by atoms with van der Waals surface area (Å²) < 4.78 is 24.6. The van der Waals surface area contributed by atoms with Crippen molar-refractivity contribution in [2.75, 3.05) is 6.54 Å². The van der Waals surface area contributed by atoms with Gasteiger partial charge in [0.05, 0.1) is 0 Å². The van der Waals surface area contributed by atoms with Crippen LogP contribution in [-0.2, 0) is 0 Å². The molecule has 0 spiro atoms. The van der Waals surface area contributed by atoms with Gasteiger partial charge in [-0.1, -0.05) is 43.2 Å². The van der Waals surface area contributed by atoms with Crippen molar-refractivity contribution in [1.29, 1.82) is 0 Å². The number of aliphatic hydroxyl groups is 1. The van der Waals surface area contributed by atoms with Gasteiger partial charge in [-0.05, 0) is 24.3 Å². The predicted octanol–water partition coefficient (Wildman–Crippen LogP) is 2.93. The van der Waals surface area contributed by atoms with Crippen LogP contribution in [0.3, 0.4) is 0 Å². The SMILES string of the molecule is OC(CNC1CCCCC1c1ccccc1)C(F)F. The molecule has 2 nitrogen and oxygen atoms in total. The normalized spacial score (nSPS) is 25.5. The summed E-state index contributed by atoms with van der Waals surface area (Å²) in [6.45, 7) is -0.0360. The molecule has 0 saturated heterocycles. The second-order valence-corrected chi connectivity index (χ2v) is 5.22. The molecule has 1 aromatic rings. The maximum Gasteiger partial charge on any atom is 0.265 e. The summed E-state index contributed by atoms with van der Waals surface area (Å²) >= 11 is 0. The van der Waals surface area contributed by atoms with Crippen LogP contribution in [0.4, 0.5) is 8.78 Å². The minimum absolute atomic E-state index is 0.0360. The molecule has 1 fully saturated rings. The van der Waals surface area contributed by atoms with Gasteiger partial charge in [0.15, 0.2) is 0 Å². The number of hydrogen-bond donors (Lipinski definition) is 2. The second kappa shape index (κ2) is 6.96. The Bertz CT molecular complexity index is 372. The average Bonchev–Trinajstić information content (AvgIpc) is 2.46. The summed E-state index contributed by atoms with van der Waals surface area (Å²) in [5.74, 6) is 0.361. The van der Waals surface area contributed by atoms with Crippen LogP contribution < -0.4 is 5.32 Å². The Morgan fingerprint density at radius 3 is 2.53 bits per heavy atom. The van der Waals surface area contributed by atoms with E-state index < -0.39 is 12.5 Å². The van der Waals surface area contributed by atoms with E-state index in [4.69, 9.17) is 0 Å². The number of rotatable bonds is 5. The molecular formula is C15H21F2NO. The third-order valence-electron chi connectivity index (χ3n) is 3.87. The Hall–Kier alpha value is -1.00. The topological polar surface area (TPSA) is 32.3 Å². The molecule has 0 amide bonds. The highest BCUT2D eigenvalue weighted by atomic mass is 19.3. The molecule has 1 aliphatic carbocycles. The largest absolute Gasteiger partial charge is 0.386 e. The minimum Gasteiger partial charge on any atom is -0.386 e. The van der Waals surface area contributed by atoms with E-state index in [-0.39, 0.29) is 12.6 Å². The molecule has 2 rings (SSSR count). The fourth-order valence-electron chi connectivity index (χ4n) is 2.84. The third kappa shape index (κ3) is 3.98. The summed E-state index contributed by atoms with van der Waals surface area (Å²) in [7, 11) is 0. The summed E-state index contributed by atoms with van der Waals surface area (Å²) in [5.41, 5.74) is 1.26. The van der Waals surface area contributed by atoms with Gasteiger partial charge in [-0.15, -0.1) is 0 Å². The van der Waals surface area contributed by atoms with Crippen molar-refractivity contribution in [2.24, 2.45) is 0 Å². The van der Waals surface area contributed by atoms with E-state index in [1.807, 2.05) is 18.2 Å². The van der Waals surface area contributed by atoms with Gasteiger partial charge in [0.2, 0.25) is 0 Å². The molecule has 0 bridgehead atoms. The summed E-state index contributed by atoms with van der Waals surface area (Å²) in [6, 6.07) is 10.4. The molecule has 106 valence electrons. The van der Waals surface area contributed by atoms with E-state index in [0.717, 1.165) is 19.3 Å². The first-order chi connectivity index (χ1) is 9.18. The quantitative estimate of drug-likeness (QED) is 0.861. The van der Waals surface area contributed by atoms with Crippen molar-refractivity contribution < 1.29 is 13.9 Å². The van der Waals surface area contributed by atoms with Crippen LogP contribution in [0.1, 0.15) is 37.2 Å². The van der Waals surface area contributed by atoms with Crippen LogP contribution in [0, 0.1) is 0 Å². The van der Waals surface area contributed by atoms with E-state index in [0.29, 0.717) is 5.92 Å². The molecule has 4 heteroatoms. The Kier molecular flexibility index (Phi) is 5.28. The highest BCUT2D eigenvalue weighted by Crippen LogP contribution is 2.32. The zero-order valence-electron chi connectivity index (χ0n) is 10.9. The number of alkyl halides is 2. The van der Waals surface area contributed by atoms with Crippen molar-refractivity contribution in [3.8, 4) is 0 Å². The Labute approximate surface area is 112 Å². The number of aliphatic hydroxyl groups excluding tert-OH is 1. The van der Waals surface area contributed by atoms with Gasteiger partial charge < -0.3 is 10.4 Å². The van der Waals surface area contributed by atoms with Gasteiger partial charge in [0, 0.05) is 12.6 Å². The summed E-state index contributed by atoms with van der Waals surface area (Å²) in [5, 5.41) is 12.3. The second-order valence-electron chi connectivity index (χ2n) is 5.22. The van der Waals surface area contributed by atoms with Crippen molar-refractivity contribution in [3.63, 3.8) is 0 Å². The van der Waals surface area contributed by atoms with Crippen LogP contribution in [0.15, 0.2) is 30.3 Å². The van der Waals surface area contributed by atoms with Gasteiger partial charge in [-0.25, -0.2) is 8.78 Å². The molecule has 3 unspecified atom stereocenters. The number of halogens is 2. The average molecular weight is 269 g/mol. The van der Waals surface area contributed by atoms with Crippen LogP contribution in [-0.4, -0.2) is 30.2 Å². The van der Waals surface area contributed by atoms with E-state index >= 15 is 0 Å².